The molecule has 0 radical (unpaired) electrons. The first-order valence-electron chi connectivity index (χ1n) is 6.30. The van der Waals surface area contributed by atoms with Gasteiger partial charge in [0, 0.05) is 13.1 Å². The number of carboxylic acid groups (broad SMARTS) is 1. The van der Waals surface area contributed by atoms with Gasteiger partial charge in [-0.25, -0.2) is 8.42 Å². The third-order valence-electron chi connectivity index (χ3n) is 3.52. The summed E-state index contributed by atoms with van der Waals surface area (Å²) < 4.78 is 26.0. The van der Waals surface area contributed by atoms with E-state index in [1.807, 2.05) is 6.92 Å². The van der Waals surface area contributed by atoms with E-state index in [-0.39, 0.29) is 24.4 Å². The minimum atomic E-state index is -3.71. The summed E-state index contributed by atoms with van der Waals surface area (Å²) in [6.07, 6.45) is -0.876. The minimum Gasteiger partial charge on any atom is -0.481 e. The van der Waals surface area contributed by atoms with Crippen molar-refractivity contribution in [1.29, 1.82) is 0 Å². The van der Waals surface area contributed by atoms with Gasteiger partial charge in [-0.1, -0.05) is 17.7 Å². The molecule has 110 valence electrons. The fraction of sp³-hybridized carbons (Fsp3) is 0.462. The molecule has 0 amide bonds. The van der Waals surface area contributed by atoms with Gasteiger partial charge in [0.15, 0.2) is 0 Å². The number of aliphatic carboxylic acids is 1. The molecule has 1 aliphatic rings. The summed E-state index contributed by atoms with van der Waals surface area (Å²) >= 11 is 0. The first kappa shape index (κ1) is 15.0. The zero-order valence-electron chi connectivity index (χ0n) is 11.1. The van der Waals surface area contributed by atoms with E-state index >= 15 is 0 Å². The van der Waals surface area contributed by atoms with Crippen LogP contribution < -0.4 is 0 Å². The molecule has 2 N–H and O–H groups in total. The van der Waals surface area contributed by atoms with Crippen molar-refractivity contribution in [2.75, 3.05) is 13.1 Å². The number of aliphatic hydroxyl groups is 1. The van der Waals surface area contributed by atoms with Gasteiger partial charge >= 0.3 is 5.97 Å². The van der Waals surface area contributed by atoms with Gasteiger partial charge in [0.1, 0.15) is 0 Å². The molecule has 0 unspecified atom stereocenters. The molecule has 1 aromatic carbocycles. The van der Waals surface area contributed by atoms with Crippen LogP contribution in [0.25, 0.3) is 0 Å². The Morgan fingerprint density at radius 2 is 1.90 bits per heavy atom. The second-order valence-electron chi connectivity index (χ2n) is 4.98. The van der Waals surface area contributed by atoms with E-state index in [0.29, 0.717) is 0 Å². The highest BCUT2D eigenvalue weighted by atomic mass is 32.2. The van der Waals surface area contributed by atoms with Crippen molar-refractivity contribution in [2.45, 2.75) is 24.3 Å². The lowest BCUT2D eigenvalue weighted by Crippen LogP contribution is -2.48. The Balaban J connectivity index is 2.26. The van der Waals surface area contributed by atoms with Crippen LogP contribution in [0.2, 0.25) is 0 Å². The molecular weight excluding hydrogens is 282 g/mol. The van der Waals surface area contributed by atoms with E-state index < -0.39 is 28.0 Å². The fourth-order valence-electron chi connectivity index (χ4n) is 2.23. The van der Waals surface area contributed by atoms with Crippen LogP contribution in [-0.2, 0) is 14.8 Å². The summed E-state index contributed by atoms with van der Waals surface area (Å²) in [7, 11) is -3.71. The van der Waals surface area contributed by atoms with Crippen molar-refractivity contribution in [3.05, 3.63) is 29.8 Å². The van der Waals surface area contributed by atoms with Gasteiger partial charge in [-0.15, -0.1) is 0 Å². The van der Waals surface area contributed by atoms with Gasteiger partial charge in [-0.05, 0) is 25.5 Å². The normalized spacial score (nSPS) is 24.5. The van der Waals surface area contributed by atoms with Crippen LogP contribution in [0.1, 0.15) is 12.0 Å². The second-order valence-corrected chi connectivity index (χ2v) is 6.91. The Morgan fingerprint density at radius 1 is 1.30 bits per heavy atom. The van der Waals surface area contributed by atoms with Gasteiger partial charge in [-0.2, -0.15) is 4.31 Å². The summed E-state index contributed by atoms with van der Waals surface area (Å²) in [5.74, 6) is -2.26. The number of aliphatic hydroxyl groups excluding tert-OH is 1. The monoisotopic (exact) mass is 299 g/mol. The van der Waals surface area contributed by atoms with Crippen molar-refractivity contribution in [2.24, 2.45) is 5.92 Å². The minimum absolute atomic E-state index is 0.126. The lowest BCUT2D eigenvalue weighted by atomic mass is 9.96. The van der Waals surface area contributed by atoms with Gasteiger partial charge in [-0.3, -0.25) is 4.79 Å². The van der Waals surface area contributed by atoms with Crippen LogP contribution >= 0.6 is 0 Å². The maximum atomic E-state index is 12.4. The van der Waals surface area contributed by atoms with E-state index in [2.05, 4.69) is 0 Å². The highest BCUT2D eigenvalue weighted by Crippen LogP contribution is 2.24. The molecule has 6 nitrogen and oxygen atoms in total. The number of rotatable bonds is 3. The van der Waals surface area contributed by atoms with Crippen LogP contribution in [0.4, 0.5) is 0 Å². The van der Waals surface area contributed by atoms with Crippen LogP contribution in [0.3, 0.4) is 0 Å². The number of nitrogens with zero attached hydrogens (tertiary/aromatic N) is 1. The zero-order chi connectivity index (χ0) is 14.9. The molecule has 1 fully saturated rings. The molecule has 0 bridgehead atoms. The van der Waals surface area contributed by atoms with Crippen molar-refractivity contribution < 1.29 is 23.4 Å². The van der Waals surface area contributed by atoms with Gasteiger partial charge in [0.25, 0.3) is 0 Å². The Morgan fingerprint density at radius 3 is 2.45 bits per heavy atom. The number of aryl methyl sites for hydroxylation is 1. The topological polar surface area (TPSA) is 94.9 Å². The molecule has 7 heteroatoms. The Labute approximate surface area is 117 Å². The second kappa shape index (κ2) is 5.51. The molecule has 0 aliphatic carbocycles. The molecule has 1 aromatic rings. The van der Waals surface area contributed by atoms with Gasteiger partial charge < -0.3 is 10.2 Å². The van der Waals surface area contributed by atoms with Crippen LogP contribution in [0.15, 0.2) is 29.2 Å². The summed E-state index contributed by atoms with van der Waals surface area (Å²) in [6.45, 7) is 1.78. The van der Waals surface area contributed by atoms with E-state index in [1.165, 1.54) is 12.1 Å². The third kappa shape index (κ3) is 2.84. The van der Waals surface area contributed by atoms with Crippen molar-refractivity contribution in [1.82, 2.24) is 4.31 Å². The smallest absolute Gasteiger partial charge is 0.310 e. The number of carboxylic acids is 1. The molecule has 20 heavy (non-hydrogen) atoms. The first-order chi connectivity index (χ1) is 9.32. The zero-order valence-corrected chi connectivity index (χ0v) is 11.9. The predicted molar refractivity (Wildman–Crippen MR) is 71.7 cm³/mol. The third-order valence-corrected chi connectivity index (χ3v) is 5.39. The maximum absolute atomic E-state index is 12.4. The van der Waals surface area contributed by atoms with Gasteiger partial charge in [0.2, 0.25) is 10.0 Å². The number of hydrogen-bond acceptors (Lipinski definition) is 4. The number of carbonyl (C=O) groups is 1. The Kier molecular flexibility index (Phi) is 4.12. The molecule has 1 aliphatic heterocycles. The molecule has 0 aromatic heterocycles. The average molecular weight is 299 g/mol. The first-order valence-corrected chi connectivity index (χ1v) is 7.74. The quantitative estimate of drug-likeness (QED) is 0.845. The molecule has 0 spiro atoms. The predicted octanol–water partition coefficient (Wildman–Crippen LogP) is 0.451. The van der Waals surface area contributed by atoms with Crippen molar-refractivity contribution in [3.8, 4) is 0 Å². The molecule has 2 rings (SSSR count). The largest absolute Gasteiger partial charge is 0.481 e. The average Bonchev–Trinajstić information content (AvgIpc) is 2.39. The number of sulfonamides is 1. The number of benzene rings is 1. The molecule has 2 atom stereocenters. The standard InChI is InChI=1S/C13H17NO5S/c1-9-2-4-10(5-3-9)20(18,19)14-7-6-12(15)11(8-14)13(16)17/h2-5,11-12,15H,6-8H2,1H3,(H,16,17)/t11-,12-/m0/s1. The molecule has 1 saturated heterocycles. The van der Waals surface area contributed by atoms with Crippen molar-refractivity contribution in [3.63, 3.8) is 0 Å². The van der Waals surface area contributed by atoms with Crippen LogP contribution in [0.5, 0.6) is 0 Å². The summed E-state index contributed by atoms with van der Waals surface area (Å²) in [5, 5.41) is 18.6. The highest BCUT2D eigenvalue weighted by Gasteiger charge is 2.38. The lowest BCUT2D eigenvalue weighted by molar-refractivity contribution is -0.147. The molecular formula is C13H17NO5S. The summed E-state index contributed by atoms with van der Waals surface area (Å²) in [5.41, 5.74) is 0.946. The highest BCUT2D eigenvalue weighted by molar-refractivity contribution is 7.89. The number of hydrogen-bond donors (Lipinski definition) is 2. The van der Waals surface area contributed by atoms with Crippen molar-refractivity contribution >= 4 is 16.0 Å². The maximum Gasteiger partial charge on any atom is 0.310 e. The Hall–Kier alpha value is -1.44. The number of piperidine rings is 1. The van der Waals surface area contributed by atoms with Gasteiger partial charge in [0.05, 0.1) is 16.9 Å². The summed E-state index contributed by atoms with van der Waals surface area (Å²) in [6, 6.07) is 6.40. The van der Waals surface area contributed by atoms with Crippen LogP contribution in [-0.4, -0.2) is 48.1 Å². The lowest BCUT2D eigenvalue weighted by Gasteiger charge is -2.33. The van der Waals surface area contributed by atoms with E-state index in [1.54, 1.807) is 12.1 Å². The Bertz CT molecular complexity index is 596. The summed E-state index contributed by atoms with van der Waals surface area (Å²) in [4.78, 5) is 11.2. The van der Waals surface area contributed by atoms with E-state index in [9.17, 15) is 18.3 Å². The van der Waals surface area contributed by atoms with Crippen LogP contribution in [0, 0.1) is 12.8 Å². The SMILES string of the molecule is Cc1ccc(S(=O)(=O)N2CC[C@H](O)[C@@H](C(=O)O)C2)cc1. The molecule has 1 heterocycles. The van der Waals surface area contributed by atoms with E-state index in [0.717, 1.165) is 9.87 Å². The van der Waals surface area contributed by atoms with E-state index in [4.69, 9.17) is 5.11 Å². The fourth-order valence-corrected chi connectivity index (χ4v) is 3.71. The molecule has 0 saturated carbocycles.